The smallest absolute Gasteiger partial charge is 0.280 e. The molecule has 116 valence electrons. The number of ether oxygens (including phenoxy) is 1. The van der Waals surface area contributed by atoms with E-state index in [0.717, 1.165) is 0 Å². The molecule has 3 heterocycles. The number of nitrogens with zero attached hydrogens (tertiary/aromatic N) is 3. The van der Waals surface area contributed by atoms with Gasteiger partial charge in [-0.1, -0.05) is 0 Å². The van der Waals surface area contributed by atoms with Crippen LogP contribution in [0.5, 0.6) is 0 Å². The van der Waals surface area contributed by atoms with Gasteiger partial charge in [-0.25, -0.2) is 9.37 Å². The van der Waals surface area contributed by atoms with Crippen molar-refractivity contribution in [1.82, 2.24) is 19.5 Å². The first kappa shape index (κ1) is 15.6. The Morgan fingerprint density at radius 1 is 1.57 bits per heavy atom. The molecule has 0 saturated carbocycles. The average molecular weight is 322 g/mol. The number of rotatable bonds is 2. The van der Waals surface area contributed by atoms with Gasteiger partial charge in [0.15, 0.2) is 23.6 Å². The van der Waals surface area contributed by atoms with E-state index in [1.54, 1.807) is 0 Å². The topological polar surface area (TPSA) is 139 Å². The molecule has 2 aromatic heterocycles. The highest BCUT2D eigenvalue weighted by Gasteiger charge is 2.45. The largest absolute Gasteiger partial charge is 0.394 e. The lowest BCUT2D eigenvalue weighted by molar-refractivity contribution is -0.0459. The van der Waals surface area contributed by atoms with Gasteiger partial charge in [-0.05, 0) is 0 Å². The van der Waals surface area contributed by atoms with Crippen molar-refractivity contribution in [3.63, 3.8) is 0 Å². The number of halogens is 2. The van der Waals surface area contributed by atoms with Gasteiger partial charge in [-0.2, -0.15) is 4.98 Å². The van der Waals surface area contributed by atoms with E-state index in [2.05, 4.69) is 15.0 Å². The van der Waals surface area contributed by atoms with Crippen LogP contribution in [0.15, 0.2) is 11.1 Å². The van der Waals surface area contributed by atoms with Crippen molar-refractivity contribution in [3.05, 3.63) is 16.7 Å². The maximum absolute atomic E-state index is 14.0. The molecule has 1 aliphatic heterocycles. The number of H-pyrrole nitrogens is 1. The van der Waals surface area contributed by atoms with Crippen LogP contribution in [0.4, 0.5) is 10.3 Å². The van der Waals surface area contributed by atoms with Crippen molar-refractivity contribution < 1.29 is 19.3 Å². The van der Waals surface area contributed by atoms with Crippen molar-refractivity contribution in [2.45, 2.75) is 24.6 Å². The molecule has 0 bridgehead atoms. The van der Waals surface area contributed by atoms with E-state index in [1.165, 1.54) is 10.9 Å². The van der Waals surface area contributed by atoms with Crippen molar-refractivity contribution in [2.75, 3.05) is 12.3 Å². The standard InChI is InChI=1S/C10H12FN5O4.ClH/c11-4-6(18)3(1-17)20-9(4)16-2-13-5-7(16)14-10(12)15-8(5)19;/h2-4,6,9,17-18H,1H2,(H3,12,14,15,19);1H/t3-,4+,6-,9-;/m1./s1. The maximum Gasteiger partial charge on any atom is 0.280 e. The van der Waals surface area contributed by atoms with Crippen LogP contribution in [0.25, 0.3) is 11.2 Å². The molecule has 21 heavy (non-hydrogen) atoms. The van der Waals surface area contributed by atoms with Crippen LogP contribution in [0.1, 0.15) is 6.23 Å². The molecule has 0 spiro atoms. The van der Waals surface area contributed by atoms with Gasteiger partial charge in [-0.15, -0.1) is 12.4 Å². The molecule has 1 fully saturated rings. The molecule has 2 aromatic rings. The van der Waals surface area contributed by atoms with Gasteiger partial charge in [0.1, 0.15) is 12.2 Å². The van der Waals surface area contributed by atoms with Crippen LogP contribution in [0, 0.1) is 0 Å². The number of alkyl halides is 1. The van der Waals surface area contributed by atoms with Crippen molar-refractivity contribution >= 4 is 29.5 Å². The zero-order valence-electron chi connectivity index (χ0n) is 10.5. The first-order valence-corrected chi connectivity index (χ1v) is 5.83. The molecule has 9 nitrogen and oxygen atoms in total. The second kappa shape index (κ2) is 5.56. The number of nitrogens with one attached hydrogen (secondary N) is 1. The second-order valence-electron chi connectivity index (χ2n) is 4.46. The average Bonchev–Trinajstić information content (AvgIpc) is 2.93. The Morgan fingerprint density at radius 3 is 2.90 bits per heavy atom. The summed E-state index contributed by atoms with van der Waals surface area (Å²) in [5, 5.41) is 18.6. The number of hydrogen-bond donors (Lipinski definition) is 4. The van der Waals surface area contributed by atoms with Crippen LogP contribution >= 0.6 is 12.4 Å². The number of fused-ring (bicyclic) bond motifs is 1. The van der Waals surface area contributed by atoms with E-state index in [4.69, 9.17) is 15.6 Å². The number of anilines is 1. The van der Waals surface area contributed by atoms with E-state index >= 15 is 0 Å². The van der Waals surface area contributed by atoms with Gasteiger partial charge < -0.3 is 20.7 Å². The molecule has 0 aromatic carbocycles. The molecule has 1 saturated heterocycles. The Morgan fingerprint density at radius 2 is 2.29 bits per heavy atom. The van der Waals surface area contributed by atoms with E-state index in [-0.39, 0.29) is 29.5 Å². The molecule has 0 aliphatic carbocycles. The number of aliphatic hydroxyl groups is 2. The minimum absolute atomic E-state index is 0. The molecular formula is C10H13ClFN5O4. The molecule has 3 rings (SSSR count). The fraction of sp³-hybridized carbons (Fsp3) is 0.500. The molecule has 0 amide bonds. The summed E-state index contributed by atoms with van der Waals surface area (Å²) in [5.74, 6) is -0.142. The maximum atomic E-state index is 14.0. The summed E-state index contributed by atoms with van der Waals surface area (Å²) in [6.45, 7) is -0.527. The Labute approximate surface area is 123 Å². The highest BCUT2D eigenvalue weighted by molar-refractivity contribution is 5.85. The Hall–Kier alpha value is -1.75. The normalized spacial score (nSPS) is 28.7. The van der Waals surface area contributed by atoms with Crippen molar-refractivity contribution in [1.29, 1.82) is 0 Å². The highest BCUT2D eigenvalue weighted by Crippen LogP contribution is 2.32. The van der Waals surface area contributed by atoms with E-state index < -0.39 is 36.8 Å². The number of aliphatic hydroxyl groups excluding tert-OH is 2. The Balaban J connectivity index is 0.00000161. The lowest BCUT2D eigenvalue weighted by atomic mass is 10.1. The van der Waals surface area contributed by atoms with Crippen LogP contribution < -0.4 is 11.3 Å². The summed E-state index contributed by atoms with van der Waals surface area (Å²) in [4.78, 5) is 21.6. The summed E-state index contributed by atoms with van der Waals surface area (Å²) >= 11 is 0. The Bertz CT molecular complexity index is 706. The fourth-order valence-corrected chi connectivity index (χ4v) is 2.21. The lowest BCUT2D eigenvalue weighted by Crippen LogP contribution is -2.30. The van der Waals surface area contributed by atoms with E-state index in [1.807, 2.05) is 0 Å². The van der Waals surface area contributed by atoms with Crippen LogP contribution in [0.3, 0.4) is 0 Å². The summed E-state index contributed by atoms with van der Waals surface area (Å²) in [7, 11) is 0. The number of hydrogen-bond acceptors (Lipinski definition) is 7. The predicted octanol–water partition coefficient (Wildman–Crippen LogP) is -1.29. The van der Waals surface area contributed by atoms with Gasteiger partial charge >= 0.3 is 0 Å². The zero-order valence-corrected chi connectivity index (χ0v) is 11.3. The van der Waals surface area contributed by atoms with Crippen LogP contribution in [-0.2, 0) is 4.74 Å². The van der Waals surface area contributed by atoms with Crippen LogP contribution in [0.2, 0.25) is 0 Å². The number of aromatic amines is 1. The Kier molecular flexibility index (Phi) is 4.14. The molecule has 1 aliphatic rings. The first-order valence-electron chi connectivity index (χ1n) is 5.83. The minimum atomic E-state index is -1.79. The van der Waals surface area contributed by atoms with Crippen molar-refractivity contribution in [3.8, 4) is 0 Å². The molecule has 11 heteroatoms. The summed E-state index contributed by atoms with van der Waals surface area (Å²) in [6.07, 6.45) is -4.36. The zero-order chi connectivity index (χ0) is 14.4. The summed E-state index contributed by atoms with van der Waals surface area (Å²) < 4.78 is 20.4. The van der Waals surface area contributed by atoms with Crippen molar-refractivity contribution in [2.24, 2.45) is 0 Å². The van der Waals surface area contributed by atoms with Gasteiger partial charge in [0.25, 0.3) is 5.56 Å². The third kappa shape index (κ3) is 2.35. The van der Waals surface area contributed by atoms with E-state index in [0.29, 0.717) is 0 Å². The highest BCUT2D eigenvalue weighted by atomic mass is 35.5. The molecule has 0 unspecified atom stereocenters. The molecule has 4 atom stereocenters. The van der Waals surface area contributed by atoms with Gasteiger partial charge in [0.2, 0.25) is 5.95 Å². The molecule has 0 radical (unpaired) electrons. The number of nitrogens with two attached hydrogens (primary N) is 1. The molecule has 5 N–H and O–H groups in total. The number of nitrogen functional groups attached to an aromatic ring is 1. The molecular weight excluding hydrogens is 309 g/mol. The van der Waals surface area contributed by atoms with Gasteiger partial charge in [0.05, 0.1) is 12.9 Å². The number of aromatic nitrogens is 4. The third-order valence-electron chi connectivity index (χ3n) is 3.20. The fourth-order valence-electron chi connectivity index (χ4n) is 2.21. The van der Waals surface area contributed by atoms with E-state index in [9.17, 15) is 14.3 Å². The summed E-state index contributed by atoms with van der Waals surface area (Å²) in [5.41, 5.74) is 4.91. The lowest BCUT2D eigenvalue weighted by Gasteiger charge is -2.14. The second-order valence-corrected chi connectivity index (χ2v) is 4.46. The summed E-state index contributed by atoms with van der Waals surface area (Å²) in [6, 6.07) is 0. The SMILES string of the molecule is Cl.Nc1nc2c(ncn2[C@@H]2O[C@H](CO)[C@@H](O)[C@@H]2F)c(=O)[nH]1. The van der Waals surface area contributed by atoms with Gasteiger partial charge in [-0.3, -0.25) is 14.3 Å². The number of imidazole rings is 1. The minimum Gasteiger partial charge on any atom is -0.394 e. The van der Waals surface area contributed by atoms with Gasteiger partial charge in [0, 0.05) is 0 Å². The third-order valence-corrected chi connectivity index (χ3v) is 3.20. The monoisotopic (exact) mass is 321 g/mol. The van der Waals surface area contributed by atoms with Crippen LogP contribution in [-0.4, -0.2) is 54.7 Å². The predicted molar refractivity (Wildman–Crippen MR) is 71.7 cm³/mol. The first-order chi connectivity index (χ1) is 9.52. The quantitative estimate of drug-likeness (QED) is 0.539.